The van der Waals surface area contributed by atoms with Crippen LogP contribution in [-0.4, -0.2) is 91.2 Å². The van der Waals surface area contributed by atoms with Gasteiger partial charge in [0.15, 0.2) is 0 Å². The highest BCUT2D eigenvalue weighted by molar-refractivity contribution is 5.82. The van der Waals surface area contributed by atoms with E-state index in [1.54, 1.807) is 0 Å². The number of nitrogens with one attached hydrogen (secondary N) is 1. The molecule has 3 rings (SSSR count). The Bertz CT molecular complexity index is 525. The third-order valence-corrected chi connectivity index (χ3v) is 6.03. The third kappa shape index (κ3) is 5.13. The van der Waals surface area contributed by atoms with Gasteiger partial charge in [-0.1, -0.05) is 13.8 Å². The van der Waals surface area contributed by atoms with Crippen molar-refractivity contribution in [3.05, 3.63) is 0 Å². The zero-order chi connectivity index (χ0) is 19.4. The Labute approximate surface area is 163 Å². The summed E-state index contributed by atoms with van der Waals surface area (Å²) < 4.78 is 5.80. The summed E-state index contributed by atoms with van der Waals surface area (Å²) in [5.74, 6) is 0.874. The maximum absolute atomic E-state index is 12.6. The van der Waals surface area contributed by atoms with Crippen molar-refractivity contribution in [2.45, 2.75) is 57.6 Å². The van der Waals surface area contributed by atoms with E-state index in [1.165, 1.54) is 0 Å². The lowest BCUT2D eigenvalue weighted by atomic mass is 9.91. The maximum Gasteiger partial charge on any atom is 0.410 e. The average Bonchev–Trinajstić information content (AvgIpc) is 3.24. The zero-order valence-corrected chi connectivity index (χ0v) is 17.2. The number of hydrogen-bond donors (Lipinski definition) is 1. The molecule has 3 aliphatic heterocycles. The van der Waals surface area contributed by atoms with Gasteiger partial charge in [-0.2, -0.15) is 0 Å². The number of carbonyl (C=O) groups is 2. The van der Waals surface area contributed by atoms with Gasteiger partial charge in [0, 0.05) is 39.0 Å². The first-order valence-corrected chi connectivity index (χ1v) is 10.6. The Morgan fingerprint density at radius 3 is 2.74 bits per heavy atom. The van der Waals surface area contributed by atoms with Crippen LogP contribution in [0, 0.1) is 5.92 Å². The minimum atomic E-state index is -0.388. The van der Waals surface area contributed by atoms with Gasteiger partial charge in [-0.25, -0.2) is 4.79 Å². The molecule has 7 heteroatoms. The fourth-order valence-corrected chi connectivity index (χ4v) is 4.62. The van der Waals surface area contributed by atoms with Gasteiger partial charge in [-0.15, -0.1) is 0 Å². The lowest BCUT2D eigenvalue weighted by Gasteiger charge is -2.38. The lowest BCUT2D eigenvalue weighted by molar-refractivity contribution is -0.136. The second-order valence-corrected chi connectivity index (χ2v) is 8.96. The molecule has 1 spiro atoms. The number of amides is 2. The van der Waals surface area contributed by atoms with E-state index in [9.17, 15) is 9.59 Å². The third-order valence-electron chi connectivity index (χ3n) is 6.03. The monoisotopic (exact) mass is 380 g/mol. The number of rotatable bonds is 7. The van der Waals surface area contributed by atoms with Crippen molar-refractivity contribution in [1.29, 1.82) is 0 Å². The van der Waals surface area contributed by atoms with E-state index in [0.29, 0.717) is 25.6 Å². The Kier molecular flexibility index (Phi) is 6.63. The van der Waals surface area contributed by atoms with E-state index in [4.69, 9.17) is 4.74 Å². The van der Waals surface area contributed by atoms with Crippen LogP contribution in [0.4, 0.5) is 4.79 Å². The molecule has 154 valence electrons. The van der Waals surface area contributed by atoms with Crippen molar-refractivity contribution >= 4 is 12.0 Å². The van der Waals surface area contributed by atoms with Crippen LogP contribution in [0.1, 0.15) is 46.0 Å². The van der Waals surface area contributed by atoms with Crippen LogP contribution in [0.3, 0.4) is 0 Å². The highest BCUT2D eigenvalue weighted by atomic mass is 16.6. The van der Waals surface area contributed by atoms with Crippen molar-refractivity contribution in [3.63, 3.8) is 0 Å². The standard InChI is InChI=1S/C20H36N4O3/c1-16(2)14-22(3)10-5-11-24-15-20(27-19(24)26)7-12-23(13-8-20)18(25)17-6-4-9-21-17/h16-17,21H,4-15H2,1-3H3. The Balaban J connectivity index is 1.42. The summed E-state index contributed by atoms with van der Waals surface area (Å²) in [6.45, 7) is 10.2. The quantitative estimate of drug-likeness (QED) is 0.726. The summed E-state index contributed by atoms with van der Waals surface area (Å²) >= 11 is 0. The van der Waals surface area contributed by atoms with E-state index in [-0.39, 0.29) is 23.6 Å². The molecular weight excluding hydrogens is 344 g/mol. The predicted molar refractivity (Wildman–Crippen MR) is 105 cm³/mol. The number of piperidine rings is 1. The van der Waals surface area contributed by atoms with E-state index in [0.717, 1.165) is 58.3 Å². The van der Waals surface area contributed by atoms with Crippen LogP contribution in [0.2, 0.25) is 0 Å². The van der Waals surface area contributed by atoms with Crippen LogP contribution < -0.4 is 5.32 Å². The van der Waals surface area contributed by atoms with E-state index in [2.05, 4.69) is 31.1 Å². The highest BCUT2D eigenvalue weighted by Gasteiger charge is 2.47. The van der Waals surface area contributed by atoms with Crippen molar-refractivity contribution in [3.8, 4) is 0 Å². The van der Waals surface area contributed by atoms with Gasteiger partial charge in [0.1, 0.15) is 5.60 Å². The number of likely N-dealkylation sites (tertiary alicyclic amines) is 1. The molecule has 2 amide bonds. The van der Waals surface area contributed by atoms with Gasteiger partial charge in [-0.05, 0) is 45.3 Å². The smallest absolute Gasteiger partial charge is 0.410 e. The Morgan fingerprint density at radius 1 is 1.37 bits per heavy atom. The van der Waals surface area contributed by atoms with Gasteiger partial charge in [0.05, 0.1) is 12.6 Å². The molecule has 7 nitrogen and oxygen atoms in total. The summed E-state index contributed by atoms with van der Waals surface area (Å²) in [5.41, 5.74) is -0.388. The maximum atomic E-state index is 12.6. The molecule has 0 aromatic heterocycles. The molecule has 3 fully saturated rings. The van der Waals surface area contributed by atoms with E-state index >= 15 is 0 Å². The van der Waals surface area contributed by atoms with Gasteiger partial charge < -0.3 is 24.8 Å². The topological polar surface area (TPSA) is 65.1 Å². The molecule has 1 atom stereocenters. The van der Waals surface area contributed by atoms with Gasteiger partial charge in [-0.3, -0.25) is 4.79 Å². The Hall–Kier alpha value is -1.34. The number of ether oxygens (including phenoxy) is 1. The molecule has 0 aromatic carbocycles. The normalized spacial score (nSPS) is 25.1. The summed E-state index contributed by atoms with van der Waals surface area (Å²) in [7, 11) is 2.13. The molecule has 0 saturated carbocycles. The molecule has 3 aliphatic rings. The largest absolute Gasteiger partial charge is 0.441 e. The molecule has 0 radical (unpaired) electrons. The predicted octanol–water partition coefficient (Wildman–Crippen LogP) is 1.53. The first-order valence-electron chi connectivity index (χ1n) is 10.6. The molecule has 3 heterocycles. The number of nitrogens with zero attached hydrogens (tertiary/aromatic N) is 3. The van der Waals surface area contributed by atoms with Crippen LogP contribution >= 0.6 is 0 Å². The van der Waals surface area contributed by atoms with E-state index < -0.39 is 0 Å². The average molecular weight is 381 g/mol. The van der Waals surface area contributed by atoms with Crippen LogP contribution in [0.5, 0.6) is 0 Å². The molecule has 3 saturated heterocycles. The Morgan fingerprint density at radius 2 is 2.11 bits per heavy atom. The molecule has 0 bridgehead atoms. The second-order valence-electron chi connectivity index (χ2n) is 8.96. The minimum absolute atomic E-state index is 0.00972. The van der Waals surface area contributed by atoms with Crippen LogP contribution in [-0.2, 0) is 9.53 Å². The minimum Gasteiger partial charge on any atom is -0.441 e. The van der Waals surface area contributed by atoms with Crippen molar-refractivity contribution in [2.24, 2.45) is 5.92 Å². The first-order chi connectivity index (χ1) is 12.9. The second kappa shape index (κ2) is 8.78. The van der Waals surface area contributed by atoms with Gasteiger partial charge >= 0.3 is 6.09 Å². The van der Waals surface area contributed by atoms with Gasteiger partial charge in [0.25, 0.3) is 0 Å². The van der Waals surface area contributed by atoms with E-state index in [1.807, 2.05) is 9.80 Å². The fourth-order valence-electron chi connectivity index (χ4n) is 4.62. The van der Waals surface area contributed by atoms with Crippen molar-refractivity contribution in [2.75, 3.05) is 52.9 Å². The summed E-state index contributed by atoms with van der Waals surface area (Å²) in [4.78, 5) is 31.0. The highest BCUT2D eigenvalue weighted by Crippen LogP contribution is 2.33. The number of hydrogen-bond acceptors (Lipinski definition) is 5. The number of carbonyl (C=O) groups excluding carboxylic acids is 2. The molecular formula is C20H36N4O3. The molecule has 1 unspecified atom stereocenters. The summed E-state index contributed by atoms with van der Waals surface area (Å²) in [6, 6.07) is -0.00972. The molecule has 1 N–H and O–H groups in total. The molecule has 0 aliphatic carbocycles. The van der Waals surface area contributed by atoms with Crippen LogP contribution in [0.25, 0.3) is 0 Å². The molecule has 0 aromatic rings. The summed E-state index contributed by atoms with van der Waals surface area (Å²) in [5, 5.41) is 3.28. The SMILES string of the molecule is CC(C)CN(C)CCCN1CC2(CCN(C(=O)C3CCCN3)CC2)OC1=O. The van der Waals surface area contributed by atoms with Crippen LogP contribution in [0.15, 0.2) is 0 Å². The molecule has 27 heavy (non-hydrogen) atoms. The van der Waals surface area contributed by atoms with Crippen molar-refractivity contribution in [1.82, 2.24) is 20.0 Å². The zero-order valence-electron chi connectivity index (χ0n) is 17.2. The first kappa shape index (κ1) is 20.4. The summed E-state index contributed by atoms with van der Waals surface area (Å²) in [6.07, 6.45) is 4.30. The van der Waals surface area contributed by atoms with Gasteiger partial charge in [0.2, 0.25) is 5.91 Å². The lowest BCUT2D eigenvalue weighted by Crippen LogP contribution is -2.52. The fraction of sp³-hybridized carbons (Fsp3) is 0.900. The van der Waals surface area contributed by atoms with Crippen molar-refractivity contribution < 1.29 is 14.3 Å².